The zero-order valence-electron chi connectivity index (χ0n) is 15.7. The summed E-state index contributed by atoms with van der Waals surface area (Å²) >= 11 is 0. The number of hydrogen-bond donors (Lipinski definition) is 0. The smallest absolute Gasteiger partial charge is 0.180 e. The summed E-state index contributed by atoms with van der Waals surface area (Å²) in [6.45, 7) is 4.20. The first-order valence-corrected chi connectivity index (χ1v) is 9.92. The van der Waals surface area contributed by atoms with Crippen LogP contribution in [0.5, 0.6) is 0 Å². The Balaban J connectivity index is 1.17. The molecule has 0 N–H and O–H groups in total. The van der Waals surface area contributed by atoms with Gasteiger partial charge in [-0.2, -0.15) is 0 Å². The molecule has 1 aromatic heterocycles. The van der Waals surface area contributed by atoms with Crippen molar-refractivity contribution in [2.45, 2.75) is 31.6 Å². The molecule has 3 heterocycles. The standard InChI is InChI=1S/C22H23F2N3O/c23-17-5-6-19-20(13-17)28-25-21(19)15-7-9-26(10-8-15)11-12-27-14-16-3-1-2-4-18(16)22(27)24/h1-6,13,15,22H,7-12,14H2/t22-/m1/s1. The van der Waals surface area contributed by atoms with E-state index in [-0.39, 0.29) is 5.82 Å². The third-order valence-corrected chi connectivity index (χ3v) is 6.15. The van der Waals surface area contributed by atoms with Gasteiger partial charge in [0.2, 0.25) is 0 Å². The molecule has 2 aliphatic rings. The van der Waals surface area contributed by atoms with Gasteiger partial charge in [-0.25, -0.2) is 8.78 Å². The molecule has 146 valence electrons. The van der Waals surface area contributed by atoms with Crippen LogP contribution in [0.2, 0.25) is 0 Å². The average Bonchev–Trinajstić information content (AvgIpc) is 3.28. The summed E-state index contributed by atoms with van der Waals surface area (Å²) in [5.74, 6) is 0.0215. The van der Waals surface area contributed by atoms with Gasteiger partial charge in [0.05, 0.1) is 5.69 Å². The second kappa shape index (κ2) is 7.26. The van der Waals surface area contributed by atoms with Crippen LogP contribution in [-0.4, -0.2) is 41.1 Å². The summed E-state index contributed by atoms with van der Waals surface area (Å²) in [7, 11) is 0. The van der Waals surface area contributed by atoms with Crippen LogP contribution < -0.4 is 0 Å². The highest BCUT2D eigenvalue weighted by Crippen LogP contribution is 2.35. The van der Waals surface area contributed by atoms with Gasteiger partial charge >= 0.3 is 0 Å². The maximum absolute atomic E-state index is 14.6. The number of alkyl halides is 1. The fourth-order valence-electron chi connectivity index (χ4n) is 4.52. The summed E-state index contributed by atoms with van der Waals surface area (Å²) in [6, 6.07) is 12.4. The lowest BCUT2D eigenvalue weighted by molar-refractivity contribution is 0.0779. The van der Waals surface area contributed by atoms with E-state index >= 15 is 0 Å². The zero-order chi connectivity index (χ0) is 19.1. The molecule has 0 bridgehead atoms. The van der Waals surface area contributed by atoms with Gasteiger partial charge in [-0.3, -0.25) is 4.90 Å². The molecule has 1 saturated heterocycles. The zero-order valence-corrected chi connectivity index (χ0v) is 15.7. The van der Waals surface area contributed by atoms with Crippen molar-refractivity contribution in [1.82, 2.24) is 15.0 Å². The first-order valence-electron chi connectivity index (χ1n) is 9.92. The Morgan fingerprint density at radius 1 is 1.07 bits per heavy atom. The molecule has 5 rings (SSSR count). The number of piperidine rings is 1. The Hall–Kier alpha value is -2.31. The predicted octanol–water partition coefficient (Wildman–Crippen LogP) is 4.63. The van der Waals surface area contributed by atoms with Gasteiger partial charge in [0.15, 0.2) is 11.9 Å². The Labute approximate surface area is 162 Å². The van der Waals surface area contributed by atoms with Crippen molar-refractivity contribution >= 4 is 11.0 Å². The maximum Gasteiger partial charge on any atom is 0.180 e. The number of fused-ring (bicyclic) bond motifs is 2. The number of likely N-dealkylation sites (tertiary alicyclic amines) is 1. The number of rotatable bonds is 4. The van der Waals surface area contributed by atoms with E-state index in [4.69, 9.17) is 4.52 Å². The summed E-state index contributed by atoms with van der Waals surface area (Å²) in [6.07, 6.45) is 0.979. The molecule has 0 unspecified atom stereocenters. The topological polar surface area (TPSA) is 32.5 Å². The van der Waals surface area contributed by atoms with E-state index in [0.29, 0.717) is 18.0 Å². The number of halogens is 2. The van der Waals surface area contributed by atoms with E-state index in [9.17, 15) is 8.78 Å². The lowest BCUT2D eigenvalue weighted by Gasteiger charge is -2.32. The van der Waals surface area contributed by atoms with E-state index in [1.54, 1.807) is 6.07 Å². The molecule has 1 atom stereocenters. The highest BCUT2D eigenvalue weighted by molar-refractivity contribution is 5.79. The number of aromatic nitrogens is 1. The average molecular weight is 383 g/mol. The van der Waals surface area contributed by atoms with Crippen molar-refractivity contribution in [2.24, 2.45) is 0 Å². The molecule has 2 aliphatic heterocycles. The first kappa shape index (κ1) is 17.8. The second-order valence-electron chi connectivity index (χ2n) is 7.83. The molecule has 6 heteroatoms. The molecular formula is C22H23F2N3O. The van der Waals surface area contributed by atoms with Crippen LogP contribution in [0.3, 0.4) is 0 Å². The third-order valence-electron chi connectivity index (χ3n) is 6.15. The molecule has 0 aliphatic carbocycles. The van der Waals surface area contributed by atoms with Crippen LogP contribution in [0.1, 0.15) is 41.9 Å². The van der Waals surface area contributed by atoms with Crippen LogP contribution >= 0.6 is 0 Å². The summed E-state index contributed by atoms with van der Waals surface area (Å²) in [5.41, 5.74) is 3.37. The SMILES string of the molecule is Fc1ccc2c(C3CCN(CCN4Cc5ccccc5[C@@H]4F)CC3)noc2c1. The second-order valence-corrected chi connectivity index (χ2v) is 7.83. The minimum absolute atomic E-state index is 0.305. The summed E-state index contributed by atoms with van der Waals surface area (Å²) in [5, 5.41) is 5.12. The Morgan fingerprint density at radius 2 is 1.89 bits per heavy atom. The van der Waals surface area contributed by atoms with E-state index in [0.717, 1.165) is 61.2 Å². The highest BCUT2D eigenvalue weighted by Gasteiger charge is 2.30. The van der Waals surface area contributed by atoms with Crippen molar-refractivity contribution in [3.63, 3.8) is 0 Å². The number of benzene rings is 2. The number of nitrogens with zero attached hydrogens (tertiary/aromatic N) is 3. The normalized spacial score (nSPS) is 21.4. The molecule has 0 amide bonds. The van der Waals surface area contributed by atoms with Crippen molar-refractivity contribution < 1.29 is 13.3 Å². The molecule has 3 aromatic rings. The van der Waals surface area contributed by atoms with Gasteiger partial charge in [-0.05, 0) is 43.6 Å². The Morgan fingerprint density at radius 3 is 2.71 bits per heavy atom. The van der Waals surface area contributed by atoms with Crippen molar-refractivity contribution in [2.75, 3.05) is 26.2 Å². The number of hydrogen-bond acceptors (Lipinski definition) is 4. The summed E-state index contributed by atoms with van der Waals surface area (Å²) < 4.78 is 33.3. The van der Waals surface area contributed by atoms with E-state index in [1.165, 1.54) is 12.1 Å². The van der Waals surface area contributed by atoms with Gasteiger partial charge < -0.3 is 9.42 Å². The molecule has 0 spiro atoms. The fraction of sp³-hybridized carbons (Fsp3) is 0.409. The van der Waals surface area contributed by atoms with Crippen molar-refractivity contribution in [3.8, 4) is 0 Å². The molecule has 0 saturated carbocycles. The van der Waals surface area contributed by atoms with Crippen LogP contribution in [0, 0.1) is 5.82 Å². The third kappa shape index (κ3) is 3.20. The van der Waals surface area contributed by atoms with E-state index in [2.05, 4.69) is 10.1 Å². The van der Waals surface area contributed by atoms with Crippen LogP contribution in [0.4, 0.5) is 8.78 Å². The first-order chi connectivity index (χ1) is 13.7. The molecule has 2 aromatic carbocycles. The molecular weight excluding hydrogens is 360 g/mol. The van der Waals surface area contributed by atoms with Gasteiger partial charge in [-0.1, -0.05) is 29.4 Å². The van der Waals surface area contributed by atoms with Crippen LogP contribution in [0.15, 0.2) is 47.0 Å². The predicted molar refractivity (Wildman–Crippen MR) is 103 cm³/mol. The monoisotopic (exact) mass is 383 g/mol. The van der Waals surface area contributed by atoms with E-state index < -0.39 is 6.30 Å². The quantitative estimate of drug-likeness (QED) is 0.615. The fourth-order valence-corrected chi connectivity index (χ4v) is 4.52. The molecule has 4 nitrogen and oxygen atoms in total. The Kier molecular flexibility index (Phi) is 4.61. The molecule has 1 fully saturated rings. The largest absolute Gasteiger partial charge is 0.356 e. The van der Waals surface area contributed by atoms with E-state index in [1.807, 2.05) is 29.2 Å². The van der Waals surface area contributed by atoms with Crippen LogP contribution in [0.25, 0.3) is 11.0 Å². The maximum atomic E-state index is 14.6. The minimum Gasteiger partial charge on any atom is -0.356 e. The Bertz CT molecular complexity index is 981. The van der Waals surface area contributed by atoms with Crippen LogP contribution in [-0.2, 0) is 6.54 Å². The van der Waals surface area contributed by atoms with Gasteiger partial charge in [0.25, 0.3) is 0 Å². The van der Waals surface area contributed by atoms with Crippen molar-refractivity contribution in [1.29, 1.82) is 0 Å². The highest BCUT2D eigenvalue weighted by atomic mass is 19.1. The van der Waals surface area contributed by atoms with Gasteiger partial charge in [0.1, 0.15) is 5.82 Å². The minimum atomic E-state index is -0.990. The molecule has 0 radical (unpaired) electrons. The van der Waals surface area contributed by atoms with Crippen molar-refractivity contribution in [3.05, 3.63) is 65.1 Å². The lowest BCUT2D eigenvalue weighted by atomic mass is 9.91. The lowest BCUT2D eigenvalue weighted by Crippen LogP contribution is -2.38. The van der Waals surface area contributed by atoms with Gasteiger partial charge in [0, 0.05) is 42.6 Å². The van der Waals surface area contributed by atoms with Gasteiger partial charge in [-0.15, -0.1) is 0 Å². The summed E-state index contributed by atoms with van der Waals surface area (Å²) in [4.78, 5) is 4.31. The molecule has 28 heavy (non-hydrogen) atoms.